The number of nitrogens with zero attached hydrogens (tertiary/aromatic N) is 1. The molecule has 2 rings (SSSR count). The van der Waals surface area contributed by atoms with Crippen LogP contribution in [0.4, 0.5) is 0 Å². The molecule has 0 radical (unpaired) electrons. The van der Waals surface area contributed by atoms with Gasteiger partial charge in [0.15, 0.2) is 0 Å². The summed E-state index contributed by atoms with van der Waals surface area (Å²) in [5.74, 6) is -3.32. The summed E-state index contributed by atoms with van der Waals surface area (Å²) in [4.78, 5) is 36.4. The number of hydrogen-bond donors (Lipinski definition) is 3. The number of rotatable bonds is 3. The minimum atomic E-state index is -0.974. The van der Waals surface area contributed by atoms with Crippen LogP contribution in [0, 0.1) is 11.8 Å². The van der Waals surface area contributed by atoms with E-state index in [2.05, 4.69) is 0 Å². The molecule has 2 amide bonds. The van der Waals surface area contributed by atoms with E-state index in [-0.39, 0.29) is 18.9 Å². The maximum atomic E-state index is 12.5. The molecule has 0 aromatic heterocycles. The summed E-state index contributed by atoms with van der Waals surface area (Å²) in [6, 6.07) is -0.825. The molecule has 0 spiro atoms. The van der Waals surface area contributed by atoms with E-state index in [1.54, 1.807) is 0 Å². The summed E-state index contributed by atoms with van der Waals surface area (Å²) >= 11 is 0. The first kappa shape index (κ1) is 14.8. The largest absolute Gasteiger partial charge is 0.481 e. The minimum absolute atomic E-state index is 0.0509. The topological polar surface area (TPSA) is 121 Å². The standard InChI is InChI=1S/C13H20N2O5/c14-11(17)10-5-7(16)6-15(10)12(18)8-3-1-2-4-9(8)13(19)20/h7-10,16H,1-6H2,(H2,14,17)(H,19,20). The van der Waals surface area contributed by atoms with Crippen LogP contribution in [-0.4, -0.2) is 51.6 Å². The number of carbonyl (C=O) groups is 3. The maximum Gasteiger partial charge on any atom is 0.307 e. The molecule has 1 aliphatic carbocycles. The number of primary amides is 1. The molecule has 0 bridgehead atoms. The van der Waals surface area contributed by atoms with E-state index < -0.39 is 35.9 Å². The van der Waals surface area contributed by atoms with Gasteiger partial charge in [-0.3, -0.25) is 14.4 Å². The van der Waals surface area contributed by atoms with E-state index >= 15 is 0 Å². The fourth-order valence-corrected chi connectivity index (χ4v) is 3.26. The van der Waals surface area contributed by atoms with Gasteiger partial charge in [0.05, 0.1) is 17.9 Å². The van der Waals surface area contributed by atoms with Crippen molar-refractivity contribution in [1.29, 1.82) is 0 Å². The monoisotopic (exact) mass is 284 g/mol. The Labute approximate surface area is 116 Å². The fourth-order valence-electron chi connectivity index (χ4n) is 3.26. The number of aliphatic carboxylic acids is 1. The smallest absolute Gasteiger partial charge is 0.307 e. The Morgan fingerprint density at radius 2 is 1.70 bits per heavy atom. The summed E-state index contributed by atoms with van der Waals surface area (Å²) < 4.78 is 0. The lowest BCUT2D eigenvalue weighted by Gasteiger charge is -2.32. The van der Waals surface area contributed by atoms with Crippen LogP contribution in [0.2, 0.25) is 0 Å². The van der Waals surface area contributed by atoms with Gasteiger partial charge in [-0.25, -0.2) is 0 Å². The van der Waals surface area contributed by atoms with Crippen LogP contribution in [0.1, 0.15) is 32.1 Å². The van der Waals surface area contributed by atoms with E-state index in [1.807, 2.05) is 0 Å². The van der Waals surface area contributed by atoms with Crippen molar-refractivity contribution < 1.29 is 24.6 Å². The number of β-amino-alcohol motifs (C(OH)–C–C–N with tert-alkyl or cyclic N) is 1. The summed E-state index contributed by atoms with van der Waals surface area (Å²) in [7, 11) is 0. The second-order valence-electron chi connectivity index (χ2n) is 5.63. The van der Waals surface area contributed by atoms with Crippen LogP contribution in [0.5, 0.6) is 0 Å². The third-order valence-electron chi connectivity index (χ3n) is 4.29. The highest BCUT2D eigenvalue weighted by molar-refractivity contribution is 5.90. The van der Waals surface area contributed by atoms with Gasteiger partial charge >= 0.3 is 5.97 Å². The lowest BCUT2D eigenvalue weighted by Crippen LogP contribution is -2.48. The molecule has 0 aromatic rings. The molecule has 4 unspecified atom stereocenters. The molecule has 7 nitrogen and oxygen atoms in total. The number of hydrogen-bond acceptors (Lipinski definition) is 4. The first-order valence-corrected chi connectivity index (χ1v) is 6.92. The van der Waals surface area contributed by atoms with Crippen LogP contribution >= 0.6 is 0 Å². The van der Waals surface area contributed by atoms with Crippen molar-refractivity contribution in [2.24, 2.45) is 17.6 Å². The van der Waals surface area contributed by atoms with Crippen molar-refractivity contribution in [2.45, 2.75) is 44.2 Å². The second kappa shape index (κ2) is 5.78. The lowest BCUT2D eigenvalue weighted by molar-refractivity contribution is -0.153. The van der Waals surface area contributed by atoms with Gasteiger partial charge in [-0.15, -0.1) is 0 Å². The SMILES string of the molecule is NC(=O)C1CC(O)CN1C(=O)C1CCCCC1C(=O)O. The normalized spacial score (nSPS) is 34.0. The van der Waals surface area contributed by atoms with Crippen LogP contribution in [0.3, 0.4) is 0 Å². The molecule has 4 N–H and O–H groups in total. The van der Waals surface area contributed by atoms with Gasteiger partial charge in [-0.05, 0) is 12.8 Å². The van der Waals surface area contributed by atoms with Crippen molar-refractivity contribution in [3.63, 3.8) is 0 Å². The van der Waals surface area contributed by atoms with Gasteiger partial charge in [-0.1, -0.05) is 12.8 Å². The summed E-state index contributed by atoms with van der Waals surface area (Å²) in [5.41, 5.74) is 5.25. The average molecular weight is 284 g/mol. The van der Waals surface area contributed by atoms with Crippen molar-refractivity contribution in [3.8, 4) is 0 Å². The molecule has 2 fully saturated rings. The third-order valence-corrected chi connectivity index (χ3v) is 4.29. The highest BCUT2D eigenvalue weighted by atomic mass is 16.4. The fraction of sp³-hybridized carbons (Fsp3) is 0.769. The average Bonchev–Trinajstić information content (AvgIpc) is 2.80. The molecular formula is C13H20N2O5. The van der Waals surface area contributed by atoms with Crippen LogP contribution in [0.25, 0.3) is 0 Å². The van der Waals surface area contributed by atoms with Crippen molar-refractivity contribution >= 4 is 17.8 Å². The molecule has 0 aromatic carbocycles. The van der Waals surface area contributed by atoms with Crippen molar-refractivity contribution in [3.05, 3.63) is 0 Å². The number of carbonyl (C=O) groups excluding carboxylic acids is 2. The Bertz CT molecular complexity index is 405. The van der Waals surface area contributed by atoms with E-state index in [0.717, 1.165) is 12.8 Å². The number of carboxylic acids is 1. The quantitative estimate of drug-likeness (QED) is 0.634. The second-order valence-corrected chi connectivity index (χ2v) is 5.63. The predicted molar refractivity (Wildman–Crippen MR) is 68.4 cm³/mol. The Balaban J connectivity index is 2.16. The van der Waals surface area contributed by atoms with Crippen molar-refractivity contribution in [1.82, 2.24) is 4.90 Å². The van der Waals surface area contributed by atoms with E-state index in [1.165, 1.54) is 4.90 Å². The van der Waals surface area contributed by atoms with Gasteiger partial charge in [-0.2, -0.15) is 0 Å². The summed E-state index contributed by atoms with van der Waals surface area (Å²) in [6.07, 6.45) is 1.94. The van der Waals surface area contributed by atoms with Gasteiger partial charge in [0.25, 0.3) is 0 Å². The Hall–Kier alpha value is -1.63. The third kappa shape index (κ3) is 2.77. The molecule has 2 aliphatic rings. The molecule has 1 aliphatic heterocycles. The summed E-state index contributed by atoms with van der Waals surface area (Å²) in [6.45, 7) is 0.0509. The Morgan fingerprint density at radius 1 is 1.10 bits per heavy atom. The Kier molecular flexibility index (Phi) is 4.27. The van der Waals surface area contributed by atoms with Crippen molar-refractivity contribution in [2.75, 3.05) is 6.54 Å². The lowest BCUT2D eigenvalue weighted by atomic mass is 9.78. The first-order valence-electron chi connectivity index (χ1n) is 6.92. The van der Waals surface area contributed by atoms with Gasteiger partial charge in [0.1, 0.15) is 6.04 Å². The number of likely N-dealkylation sites (tertiary alicyclic amines) is 1. The predicted octanol–water partition coefficient (Wildman–Crippen LogP) is -0.675. The number of carboxylic acid groups (broad SMARTS) is 1. The molecule has 112 valence electrons. The number of aliphatic hydroxyl groups excluding tert-OH is 1. The number of amides is 2. The van der Waals surface area contributed by atoms with E-state index in [9.17, 15) is 24.6 Å². The van der Waals surface area contributed by atoms with Crippen LogP contribution in [0.15, 0.2) is 0 Å². The highest BCUT2D eigenvalue weighted by Gasteiger charge is 2.44. The van der Waals surface area contributed by atoms with E-state index in [4.69, 9.17) is 5.73 Å². The zero-order valence-corrected chi connectivity index (χ0v) is 11.2. The molecule has 7 heteroatoms. The minimum Gasteiger partial charge on any atom is -0.481 e. The molecule has 20 heavy (non-hydrogen) atoms. The van der Waals surface area contributed by atoms with Gasteiger partial charge in [0.2, 0.25) is 11.8 Å². The maximum absolute atomic E-state index is 12.5. The van der Waals surface area contributed by atoms with Gasteiger partial charge in [0, 0.05) is 13.0 Å². The molecule has 1 saturated heterocycles. The summed E-state index contributed by atoms with van der Waals surface area (Å²) in [5, 5.41) is 18.8. The number of nitrogens with two attached hydrogens (primary N) is 1. The Morgan fingerprint density at radius 3 is 2.25 bits per heavy atom. The molecule has 1 heterocycles. The molecular weight excluding hydrogens is 264 g/mol. The molecule has 4 atom stereocenters. The highest BCUT2D eigenvalue weighted by Crippen LogP contribution is 2.33. The molecule has 1 saturated carbocycles. The zero-order valence-electron chi connectivity index (χ0n) is 11.2. The zero-order chi connectivity index (χ0) is 14.9. The van der Waals surface area contributed by atoms with Crippen LogP contribution < -0.4 is 5.73 Å². The first-order chi connectivity index (χ1) is 9.41. The number of aliphatic hydroxyl groups is 1. The van der Waals surface area contributed by atoms with E-state index in [0.29, 0.717) is 12.8 Å². The van der Waals surface area contributed by atoms with Crippen LogP contribution in [-0.2, 0) is 14.4 Å². The van der Waals surface area contributed by atoms with Gasteiger partial charge < -0.3 is 20.8 Å².